The second-order valence-electron chi connectivity index (χ2n) is 7.89. The van der Waals surface area contributed by atoms with E-state index in [9.17, 15) is 4.39 Å². The SMILES string of the molecule is Cc1noc(C)c1-c1cc(-c2c(F)ncc3c2C=CC3)nc(N2CCOC[C@H]2C)c1. The number of anilines is 1. The summed E-state index contributed by atoms with van der Waals surface area (Å²) in [4.78, 5) is 11.1. The van der Waals surface area contributed by atoms with Gasteiger partial charge in [-0.3, -0.25) is 0 Å². The van der Waals surface area contributed by atoms with Crippen LogP contribution >= 0.6 is 0 Å². The topological polar surface area (TPSA) is 64.3 Å². The molecule has 0 unspecified atom stereocenters. The van der Waals surface area contributed by atoms with Crippen molar-refractivity contribution in [3.05, 3.63) is 52.9 Å². The minimum Gasteiger partial charge on any atom is -0.377 e. The number of allylic oxidation sites excluding steroid dienone is 1. The fraction of sp³-hybridized carbons (Fsp3) is 0.348. The van der Waals surface area contributed by atoms with Crippen LogP contribution in [0.3, 0.4) is 0 Å². The van der Waals surface area contributed by atoms with E-state index in [0.717, 1.165) is 52.5 Å². The van der Waals surface area contributed by atoms with Crippen LogP contribution in [0.5, 0.6) is 0 Å². The number of rotatable bonds is 3. The van der Waals surface area contributed by atoms with E-state index in [0.29, 0.717) is 24.5 Å². The van der Waals surface area contributed by atoms with Gasteiger partial charge in [0, 0.05) is 18.3 Å². The van der Waals surface area contributed by atoms with Crippen molar-refractivity contribution < 1.29 is 13.7 Å². The molecular weight excluding hydrogens is 383 g/mol. The zero-order valence-corrected chi connectivity index (χ0v) is 17.3. The first-order valence-corrected chi connectivity index (χ1v) is 10.2. The van der Waals surface area contributed by atoms with Gasteiger partial charge in [-0.1, -0.05) is 17.3 Å². The summed E-state index contributed by atoms with van der Waals surface area (Å²) >= 11 is 0. The van der Waals surface area contributed by atoms with Crippen LogP contribution < -0.4 is 4.90 Å². The number of halogens is 1. The molecule has 0 radical (unpaired) electrons. The van der Waals surface area contributed by atoms with Crippen LogP contribution in [0.1, 0.15) is 29.5 Å². The molecule has 5 rings (SSSR count). The maximum absolute atomic E-state index is 15.0. The molecule has 2 aliphatic rings. The largest absolute Gasteiger partial charge is 0.377 e. The predicted octanol–water partition coefficient (Wildman–Crippen LogP) is 4.35. The molecule has 0 N–H and O–H groups in total. The van der Waals surface area contributed by atoms with Gasteiger partial charge in [-0.25, -0.2) is 9.97 Å². The molecule has 30 heavy (non-hydrogen) atoms. The molecule has 0 bridgehead atoms. The minimum atomic E-state index is -0.510. The summed E-state index contributed by atoms with van der Waals surface area (Å²) in [5.74, 6) is 1.00. The van der Waals surface area contributed by atoms with Crippen LogP contribution in [0.4, 0.5) is 10.2 Å². The molecule has 0 saturated carbocycles. The number of hydrogen-bond donors (Lipinski definition) is 0. The van der Waals surface area contributed by atoms with E-state index in [-0.39, 0.29) is 6.04 Å². The number of aryl methyl sites for hydroxylation is 2. The number of nitrogens with zero attached hydrogens (tertiary/aromatic N) is 4. The number of pyridine rings is 2. The van der Waals surface area contributed by atoms with Crippen molar-refractivity contribution in [1.82, 2.24) is 15.1 Å². The van der Waals surface area contributed by atoms with Crippen LogP contribution in [0.25, 0.3) is 28.5 Å². The molecule has 1 saturated heterocycles. The molecule has 0 aromatic carbocycles. The Kier molecular flexibility index (Phi) is 4.62. The third-order valence-corrected chi connectivity index (χ3v) is 5.83. The van der Waals surface area contributed by atoms with Gasteiger partial charge in [0.2, 0.25) is 5.95 Å². The van der Waals surface area contributed by atoms with Crippen LogP contribution in [0.15, 0.2) is 28.9 Å². The van der Waals surface area contributed by atoms with E-state index in [2.05, 4.69) is 22.0 Å². The van der Waals surface area contributed by atoms with E-state index in [1.165, 1.54) is 0 Å². The number of ether oxygens (including phenoxy) is 1. The first kappa shape index (κ1) is 18.9. The van der Waals surface area contributed by atoms with Crippen molar-refractivity contribution in [2.24, 2.45) is 0 Å². The highest BCUT2D eigenvalue weighted by Gasteiger charge is 2.25. The summed E-state index contributed by atoms with van der Waals surface area (Å²) in [6, 6.07) is 4.11. The molecule has 3 aromatic heterocycles. The van der Waals surface area contributed by atoms with Gasteiger partial charge in [0.1, 0.15) is 11.6 Å². The zero-order valence-electron chi connectivity index (χ0n) is 17.3. The zero-order chi connectivity index (χ0) is 20.8. The lowest BCUT2D eigenvalue weighted by Gasteiger charge is -2.34. The predicted molar refractivity (Wildman–Crippen MR) is 113 cm³/mol. The molecule has 7 heteroatoms. The molecule has 154 valence electrons. The monoisotopic (exact) mass is 406 g/mol. The number of fused-ring (bicyclic) bond motifs is 1. The van der Waals surface area contributed by atoms with Crippen LogP contribution in [-0.2, 0) is 11.2 Å². The van der Waals surface area contributed by atoms with Gasteiger partial charge < -0.3 is 14.2 Å². The van der Waals surface area contributed by atoms with E-state index in [4.69, 9.17) is 14.2 Å². The quantitative estimate of drug-likeness (QED) is 0.603. The second-order valence-corrected chi connectivity index (χ2v) is 7.89. The highest BCUT2D eigenvalue weighted by molar-refractivity contribution is 5.82. The number of aromatic nitrogens is 3. The van der Waals surface area contributed by atoms with Crippen LogP contribution in [0, 0.1) is 19.8 Å². The summed E-state index contributed by atoms with van der Waals surface area (Å²) in [6.07, 6.45) is 6.35. The molecule has 4 heterocycles. The first-order valence-electron chi connectivity index (χ1n) is 10.2. The molecule has 1 aliphatic heterocycles. The third-order valence-electron chi connectivity index (χ3n) is 5.83. The Morgan fingerprint density at radius 2 is 2.07 bits per heavy atom. The molecule has 0 spiro atoms. The normalized spacial score (nSPS) is 18.1. The molecule has 1 aliphatic carbocycles. The first-order chi connectivity index (χ1) is 14.5. The highest BCUT2D eigenvalue weighted by Crippen LogP contribution is 2.37. The molecular formula is C23H23FN4O2. The highest BCUT2D eigenvalue weighted by atomic mass is 19.1. The van der Waals surface area contributed by atoms with Gasteiger partial charge in [0.05, 0.1) is 36.2 Å². The molecule has 0 amide bonds. The summed E-state index contributed by atoms with van der Waals surface area (Å²) in [7, 11) is 0. The fourth-order valence-electron chi connectivity index (χ4n) is 4.34. The molecule has 3 aromatic rings. The van der Waals surface area contributed by atoms with E-state index in [1.54, 1.807) is 6.20 Å². The van der Waals surface area contributed by atoms with E-state index >= 15 is 0 Å². The van der Waals surface area contributed by atoms with Crippen molar-refractivity contribution in [2.75, 3.05) is 24.7 Å². The molecule has 1 fully saturated rings. The second kappa shape index (κ2) is 7.32. The van der Waals surface area contributed by atoms with Gasteiger partial charge in [-0.2, -0.15) is 4.39 Å². The van der Waals surface area contributed by atoms with Gasteiger partial charge >= 0.3 is 0 Å². The van der Waals surface area contributed by atoms with Gasteiger partial charge in [-0.15, -0.1) is 0 Å². The van der Waals surface area contributed by atoms with Gasteiger partial charge in [-0.05, 0) is 56.0 Å². The average Bonchev–Trinajstić information content (AvgIpc) is 3.34. The fourth-order valence-corrected chi connectivity index (χ4v) is 4.34. The summed E-state index contributed by atoms with van der Waals surface area (Å²) in [5.41, 5.74) is 5.49. The minimum absolute atomic E-state index is 0.170. The Morgan fingerprint density at radius 3 is 2.83 bits per heavy atom. The van der Waals surface area contributed by atoms with Gasteiger partial charge in [0.25, 0.3) is 0 Å². The van der Waals surface area contributed by atoms with E-state index < -0.39 is 5.95 Å². The van der Waals surface area contributed by atoms with Crippen molar-refractivity contribution in [2.45, 2.75) is 33.2 Å². The average molecular weight is 406 g/mol. The van der Waals surface area contributed by atoms with Crippen molar-refractivity contribution in [1.29, 1.82) is 0 Å². The van der Waals surface area contributed by atoms with Crippen molar-refractivity contribution in [3.8, 4) is 22.4 Å². The lowest BCUT2D eigenvalue weighted by Crippen LogP contribution is -2.44. The Bertz CT molecular complexity index is 1130. The van der Waals surface area contributed by atoms with Gasteiger partial charge in [0.15, 0.2) is 0 Å². The lowest BCUT2D eigenvalue weighted by atomic mass is 9.98. The van der Waals surface area contributed by atoms with E-state index in [1.807, 2.05) is 38.1 Å². The third kappa shape index (κ3) is 3.10. The standard InChI is InChI=1S/C23H23FN4O2/c1-13-12-29-8-7-28(13)20-10-17(21-14(2)27-30-15(21)3)9-19(26-20)22-18-6-4-5-16(18)11-25-23(22)24/h4,6,9-11,13H,5,7-8,12H2,1-3H3/t13-/m1/s1. The summed E-state index contributed by atoms with van der Waals surface area (Å²) in [5, 5.41) is 4.10. The number of hydrogen-bond acceptors (Lipinski definition) is 6. The Hall–Kier alpha value is -3.06. The molecule has 1 atom stereocenters. The maximum Gasteiger partial charge on any atom is 0.222 e. The van der Waals surface area contributed by atoms with Crippen molar-refractivity contribution in [3.63, 3.8) is 0 Å². The Morgan fingerprint density at radius 1 is 1.20 bits per heavy atom. The Labute approximate surface area is 174 Å². The number of morpholine rings is 1. The summed E-state index contributed by atoms with van der Waals surface area (Å²) < 4.78 is 26.0. The summed E-state index contributed by atoms with van der Waals surface area (Å²) in [6.45, 7) is 7.90. The van der Waals surface area contributed by atoms with Crippen LogP contribution in [0.2, 0.25) is 0 Å². The van der Waals surface area contributed by atoms with Crippen molar-refractivity contribution >= 4 is 11.9 Å². The lowest BCUT2D eigenvalue weighted by molar-refractivity contribution is 0.0985. The van der Waals surface area contributed by atoms with Crippen LogP contribution in [-0.4, -0.2) is 40.9 Å². The smallest absolute Gasteiger partial charge is 0.222 e. The Balaban J connectivity index is 1.74. The maximum atomic E-state index is 15.0. The molecule has 6 nitrogen and oxygen atoms in total.